The lowest BCUT2D eigenvalue weighted by atomic mass is 9.89. The zero-order chi connectivity index (χ0) is 9.90. The van der Waals surface area contributed by atoms with Gasteiger partial charge in [0.25, 0.3) is 0 Å². The molecule has 1 atom stereocenters. The maximum atomic E-state index is 10.6. The average Bonchev–Trinajstić information content (AvgIpc) is 1.99. The summed E-state index contributed by atoms with van der Waals surface area (Å²) in [5, 5.41) is 0. The van der Waals surface area contributed by atoms with Crippen molar-refractivity contribution >= 4 is 5.97 Å². The van der Waals surface area contributed by atoms with Crippen LogP contribution in [-0.4, -0.2) is 24.8 Å². The van der Waals surface area contributed by atoms with Gasteiger partial charge in [0.05, 0.1) is 12.2 Å². The topological polar surface area (TPSA) is 35.5 Å². The third-order valence-electron chi connectivity index (χ3n) is 2.32. The number of hydrogen-bond acceptors (Lipinski definition) is 3. The second-order valence-corrected chi connectivity index (χ2v) is 4.27. The van der Waals surface area contributed by atoms with E-state index >= 15 is 0 Å². The van der Waals surface area contributed by atoms with Crippen molar-refractivity contribution in [2.24, 2.45) is 5.92 Å². The van der Waals surface area contributed by atoms with Crippen molar-refractivity contribution in [2.45, 2.75) is 39.2 Å². The SMILES string of the molecule is CC(=O)OCC1CCOC(C)(C)C1. The Morgan fingerprint density at radius 1 is 1.62 bits per heavy atom. The normalized spacial score (nSPS) is 26.8. The predicted octanol–water partition coefficient (Wildman–Crippen LogP) is 1.75. The molecule has 1 unspecified atom stereocenters. The number of carbonyl (C=O) groups excluding carboxylic acids is 1. The lowest BCUT2D eigenvalue weighted by Gasteiger charge is -2.35. The van der Waals surface area contributed by atoms with Crippen LogP contribution >= 0.6 is 0 Å². The average molecular weight is 186 g/mol. The summed E-state index contributed by atoms with van der Waals surface area (Å²) in [6.07, 6.45) is 1.97. The molecule has 0 aromatic rings. The molecule has 0 amide bonds. The summed E-state index contributed by atoms with van der Waals surface area (Å²) in [7, 11) is 0. The molecule has 0 aromatic carbocycles. The Morgan fingerprint density at radius 2 is 2.31 bits per heavy atom. The summed E-state index contributed by atoms with van der Waals surface area (Å²) in [5.74, 6) is 0.275. The molecule has 3 nitrogen and oxygen atoms in total. The van der Waals surface area contributed by atoms with Crippen LogP contribution in [0, 0.1) is 5.92 Å². The first-order valence-electron chi connectivity index (χ1n) is 4.77. The Balaban J connectivity index is 2.30. The Bertz CT molecular complexity index is 187. The molecule has 1 saturated heterocycles. The Labute approximate surface area is 79.4 Å². The van der Waals surface area contributed by atoms with Crippen molar-refractivity contribution in [1.82, 2.24) is 0 Å². The summed E-state index contributed by atoms with van der Waals surface area (Å²) in [6.45, 7) is 6.92. The van der Waals surface area contributed by atoms with Gasteiger partial charge in [-0.15, -0.1) is 0 Å². The van der Waals surface area contributed by atoms with Gasteiger partial charge >= 0.3 is 5.97 Å². The van der Waals surface area contributed by atoms with Crippen LogP contribution < -0.4 is 0 Å². The fourth-order valence-corrected chi connectivity index (χ4v) is 1.74. The highest BCUT2D eigenvalue weighted by Gasteiger charge is 2.29. The van der Waals surface area contributed by atoms with Crippen molar-refractivity contribution in [3.63, 3.8) is 0 Å². The fourth-order valence-electron chi connectivity index (χ4n) is 1.74. The first-order chi connectivity index (χ1) is 5.99. The van der Waals surface area contributed by atoms with E-state index in [-0.39, 0.29) is 11.6 Å². The maximum absolute atomic E-state index is 10.6. The summed E-state index contributed by atoms with van der Waals surface area (Å²) in [6, 6.07) is 0. The second-order valence-electron chi connectivity index (χ2n) is 4.27. The van der Waals surface area contributed by atoms with Crippen LogP contribution in [0.25, 0.3) is 0 Å². The van der Waals surface area contributed by atoms with E-state index in [0.29, 0.717) is 12.5 Å². The van der Waals surface area contributed by atoms with E-state index in [1.54, 1.807) is 0 Å². The first-order valence-corrected chi connectivity index (χ1v) is 4.77. The lowest BCUT2D eigenvalue weighted by molar-refractivity contribution is -0.146. The van der Waals surface area contributed by atoms with E-state index < -0.39 is 0 Å². The molecule has 0 aliphatic carbocycles. The largest absolute Gasteiger partial charge is 0.466 e. The molecule has 0 N–H and O–H groups in total. The standard InChI is InChI=1S/C10H18O3/c1-8(11)12-7-9-4-5-13-10(2,3)6-9/h9H,4-7H2,1-3H3. The summed E-state index contributed by atoms with van der Waals surface area (Å²) in [4.78, 5) is 10.6. The number of rotatable bonds is 2. The molecule has 76 valence electrons. The van der Waals surface area contributed by atoms with Gasteiger partial charge in [0, 0.05) is 13.5 Å². The molecular weight excluding hydrogens is 168 g/mol. The Morgan fingerprint density at radius 3 is 2.85 bits per heavy atom. The van der Waals surface area contributed by atoms with Gasteiger partial charge in [-0.2, -0.15) is 0 Å². The Hall–Kier alpha value is -0.570. The van der Waals surface area contributed by atoms with Crippen LogP contribution in [0.15, 0.2) is 0 Å². The smallest absolute Gasteiger partial charge is 0.302 e. The molecule has 0 radical (unpaired) electrons. The van der Waals surface area contributed by atoms with Gasteiger partial charge in [-0.25, -0.2) is 0 Å². The van der Waals surface area contributed by atoms with E-state index in [1.165, 1.54) is 6.92 Å². The van der Waals surface area contributed by atoms with Crippen LogP contribution in [0.4, 0.5) is 0 Å². The quantitative estimate of drug-likeness (QED) is 0.616. The van der Waals surface area contributed by atoms with Crippen molar-refractivity contribution in [3.05, 3.63) is 0 Å². The molecule has 1 aliphatic heterocycles. The molecule has 1 rings (SSSR count). The van der Waals surface area contributed by atoms with Gasteiger partial charge in [-0.3, -0.25) is 4.79 Å². The van der Waals surface area contributed by atoms with Gasteiger partial charge < -0.3 is 9.47 Å². The molecule has 1 heterocycles. The van der Waals surface area contributed by atoms with Crippen LogP contribution in [0.1, 0.15) is 33.6 Å². The zero-order valence-electron chi connectivity index (χ0n) is 8.63. The monoisotopic (exact) mass is 186 g/mol. The molecule has 3 heteroatoms. The first kappa shape index (κ1) is 10.5. The molecule has 1 fully saturated rings. The van der Waals surface area contributed by atoms with E-state index in [9.17, 15) is 4.79 Å². The van der Waals surface area contributed by atoms with Crippen LogP contribution in [0.5, 0.6) is 0 Å². The molecule has 0 saturated carbocycles. The van der Waals surface area contributed by atoms with Gasteiger partial charge in [0.15, 0.2) is 0 Å². The van der Waals surface area contributed by atoms with Crippen molar-refractivity contribution < 1.29 is 14.3 Å². The number of esters is 1. The predicted molar refractivity (Wildman–Crippen MR) is 49.4 cm³/mol. The summed E-state index contributed by atoms with van der Waals surface area (Å²) < 4.78 is 10.5. The van der Waals surface area contributed by atoms with Crippen LogP contribution in [-0.2, 0) is 14.3 Å². The summed E-state index contributed by atoms with van der Waals surface area (Å²) >= 11 is 0. The summed E-state index contributed by atoms with van der Waals surface area (Å²) in [5.41, 5.74) is -0.0525. The second kappa shape index (κ2) is 4.09. The van der Waals surface area contributed by atoms with Crippen molar-refractivity contribution in [2.75, 3.05) is 13.2 Å². The zero-order valence-corrected chi connectivity index (χ0v) is 8.63. The van der Waals surface area contributed by atoms with E-state index in [4.69, 9.17) is 9.47 Å². The van der Waals surface area contributed by atoms with Gasteiger partial charge in [-0.1, -0.05) is 0 Å². The number of carbonyl (C=O) groups is 1. The highest BCUT2D eigenvalue weighted by molar-refractivity contribution is 5.65. The van der Waals surface area contributed by atoms with Gasteiger partial charge in [0.1, 0.15) is 0 Å². The molecule has 0 aromatic heterocycles. The minimum Gasteiger partial charge on any atom is -0.466 e. The molecular formula is C10H18O3. The number of ether oxygens (including phenoxy) is 2. The maximum Gasteiger partial charge on any atom is 0.302 e. The van der Waals surface area contributed by atoms with Crippen LogP contribution in [0.3, 0.4) is 0 Å². The molecule has 0 bridgehead atoms. The third-order valence-corrected chi connectivity index (χ3v) is 2.32. The van der Waals surface area contributed by atoms with Crippen LogP contribution in [0.2, 0.25) is 0 Å². The van der Waals surface area contributed by atoms with Crippen molar-refractivity contribution in [3.8, 4) is 0 Å². The lowest BCUT2D eigenvalue weighted by Crippen LogP contribution is -2.35. The number of hydrogen-bond donors (Lipinski definition) is 0. The highest BCUT2D eigenvalue weighted by Crippen LogP contribution is 2.28. The third kappa shape index (κ3) is 3.77. The molecule has 0 spiro atoms. The highest BCUT2D eigenvalue weighted by atomic mass is 16.5. The van der Waals surface area contributed by atoms with E-state index in [2.05, 4.69) is 13.8 Å². The van der Waals surface area contributed by atoms with E-state index in [1.807, 2.05) is 0 Å². The van der Waals surface area contributed by atoms with Crippen molar-refractivity contribution in [1.29, 1.82) is 0 Å². The minimum absolute atomic E-state index is 0.0525. The molecule has 1 aliphatic rings. The van der Waals surface area contributed by atoms with Gasteiger partial charge in [-0.05, 0) is 32.6 Å². The molecule has 13 heavy (non-hydrogen) atoms. The van der Waals surface area contributed by atoms with Gasteiger partial charge in [0.2, 0.25) is 0 Å². The van der Waals surface area contributed by atoms with E-state index in [0.717, 1.165) is 19.4 Å². The fraction of sp³-hybridized carbons (Fsp3) is 0.900. The minimum atomic E-state index is -0.190. The Kier molecular flexibility index (Phi) is 3.31.